The Morgan fingerprint density at radius 1 is 1.33 bits per heavy atom. The Hall–Kier alpha value is -0.450. The van der Waals surface area contributed by atoms with Crippen molar-refractivity contribution in [3.05, 3.63) is 15.6 Å². The minimum atomic E-state index is -0.299. The molecule has 2 unspecified atom stereocenters. The standard InChI is InChI=1S/C14H26N2OS/c1-9(13-10(2)18-11(3)16-13)15-8-12(17)7-14(4,5)6/h9,12,15,17H,7-8H2,1-6H3. The van der Waals surface area contributed by atoms with Crippen molar-refractivity contribution >= 4 is 11.3 Å². The summed E-state index contributed by atoms with van der Waals surface area (Å²) < 4.78 is 0. The number of aryl methyl sites for hydroxylation is 2. The van der Waals surface area contributed by atoms with Gasteiger partial charge in [-0.2, -0.15) is 0 Å². The Labute approximate surface area is 115 Å². The summed E-state index contributed by atoms with van der Waals surface area (Å²) in [5, 5.41) is 14.4. The third-order valence-electron chi connectivity index (χ3n) is 2.86. The Bertz CT molecular complexity index is 382. The lowest BCUT2D eigenvalue weighted by Crippen LogP contribution is -2.32. The molecule has 0 aliphatic heterocycles. The van der Waals surface area contributed by atoms with E-state index >= 15 is 0 Å². The van der Waals surface area contributed by atoms with Gasteiger partial charge in [0.1, 0.15) is 0 Å². The van der Waals surface area contributed by atoms with E-state index in [2.05, 4.69) is 44.9 Å². The predicted octanol–water partition coefficient (Wildman–Crippen LogP) is 3.21. The fourth-order valence-electron chi connectivity index (χ4n) is 2.14. The Balaban J connectivity index is 2.46. The van der Waals surface area contributed by atoms with Gasteiger partial charge in [0.05, 0.1) is 16.8 Å². The van der Waals surface area contributed by atoms with Crippen LogP contribution in [0, 0.1) is 19.3 Å². The molecular weight excluding hydrogens is 244 g/mol. The summed E-state index contributed by atoms with van der Waals surface area (Å²) in [6.07, 6.45) is 0.509. The molecule has 0 aromatic carbocycles. The van der Waals surface area contributed by atoms with Crippen LogP contribution in [0.1, 0.15) is 55.7 Å². The molecule has 0 saturated carbocycles. The summed E-state index contributed by atoms with van der Waals surface area (Å²) in [6.45, 7) is 13.3. The van der Waals surface area contributed by atoms with E-state index < -0.39 is 0 Å². The number of hydrogen-bond acceptors (Lipinski definition) is 4. The predicted molar refractivity (Wildman–Crippen MR) is 78.1 cm³/mol. The highest BCUT2D eigenvalue weighted by Crippen LogP contribution is 2.23. The molecule has 0 bridgehead atoms. The van der Waals surface area contributed by atoms with E-state index in [-0.39, 0.29) is 17.6 Å². The van der Waals surface area contributed by atoms with Gasteiger partial charge >= 0.3 is 0 Å². The second kappa shape index (κ2) is 6.13. The molecule has 1 aromatic rings. The van der Waals surface area contributed by atoms with Crippen molar-refractivity contribution in [3.63, 3.8) is 0 Å². The monoisotopic (exact) mass is 270 g/mol. The lowest BCUT2D eigenvalue weighted by atomic mass is 9.89. The van der Waals surface area contributed by atoms with Crippen LogP contribution < -0.4 is 5.32 Å². The van der Waals surface area contributed by atoms with Gasteiger partial charge in [0.2, 0.25) is 0 Å². The van der Waals surface area contributed by atoms with Crippen LogP contribution in [0.25, 0.3) is 0 Å². The number of aromatic nitrogens is 1. The van der Waals surface area contributed by atoms with Crippen LogP contribution in [-0.4, -0.2) is 22.7 Å². The van der Waals surface area contributed by atoms with E-state index in [1.807, 2.05) is 6.92 Å². The number of rotatable bonds is 5. The van der Waals surface area contributed by atoms with Gasteiger partial charge in [-0.15, -0.1) is 11.3 Å². The topological polar surface area (TPSA) is 45.2 Å². The Kier molecular flexibility index (Phi) is 5.32. The first kappa shape index (κ1) is 15.6. The van der Waals surface area contributed by atoms with E-state index in [0.717, 1.165) is 17.1 Å². The first-order valence-electron chi connectivity index (χ1n) is 6.54. The second-order valence-corrected chi connectivity index (χ2v) is 7.63. The maximum absolute atomic E-state index is 9.97. The highest BCUT2D eigenvalue weighted by molar-refractivity contribution is 7.11. The maximum atomic E-state index is 9.97. The SMILES string of the molecule is Cc1nc(C(C)NCC(O)CC(C)(C)C)c(C)s1. The molecule has 1 heterocycles. The lowest BCUT2D eigenvalue weighted by molar-refractivity contribution is 0.117. The van der Waals surface area contributed by atoms with Crippen molar-refractivity contribution in [1.82, 2.24) is 10.3 Å². The average molecular weight is 270 g/mol. The quantitative estimate of drug-likeness (QED) is 0.863. The van der Waals surface area contributed by atoms with Gasteiger partial charge in [0.15, 0.2) is 0 Å². The van der Waals surface area contributed by atoms with Crippen LogP contribution in [0.5, 0.6) is 0 Å². The van der Waals surface area contributed by atoms with Crippen LogP contribution in [0.2, 0.25) is 0 Å². The zero-order valence-corrected chi connectivity index (χ0v) is 13.2. The molecule has 104 valence electrons. The molecule has 18 heavy (non-hydrogen) atoms. The summed E-state index contributed by atoms with van der Waals surface area (Å²) in [7, 11) is 0. The summed E-state index contributed by atoms with van der Waals surface area (Å²) >= 11 is 1.73. The molecule has 2 atom stereocenters. The summed E-state index contributed by atoms with van der Waals surface area (Å²) in [5.74, 6) is 0. The van der Waals surface area contributed by atoms with E-state index in [1.165, 1.54) is 4.88 Å². The molecule has 0 spiro atoms. The Morgan fingerprint density at radius 2 is 1.94 bits per heavy atom. The van der Waals surface area contributed by atoms with Crippen LogP contribution in [-0.2, 0) is 0 Å². The van der Waals surface area contributed by atoms with Crippen LogP contribution in [0.15, 0.2) is 0 Å². The molecule has 0 saturated heterocycles. The van der Waals surface area contributed by atoms with Crippen LogP contribution >= 0.6 is 11.3 Å². The van der Waals surface area contributed by atoms with Gasteiger partial charge in [0.25, 0.3) is 0 Å². The third-order valence-corrected chi connectivity index (χ3v) is 3.76. The summed E-state index contributed by atoms with van der Waals surface area (Å²) in [5.41, 5.74) is 1.28. The van der Waals surface area contributed by atoms with Gasteiger partial charge in [0, 0.05) is 17.5 Å². The van der Waals surface area contributed by atoms with Crippen molar-refractivity contribution in [1.29, 1.82) is 0 Å². The lowest BCUT2D eigenvalue weighted by Gasteiger charge is -2.23. The molecule has 0 aliphatic rings. The average Bonchev–Trinajstić information content (AvgIpc) is 2.52. The van der Waals surface area contributed by atoms with Crippen LogP contribution in [0.4, 0.5) is 0 Å². The largest absolute Gasteiger partial charge is 0.392 e. The van der Waals surface area contributed by atoms with Gasteiger partial charge in [-0.05, 0) is 32.6 Å². The number of nitrogens with one attached hydrogen (secondary N) is 1. The maximum Gasteiger partial charge on any atom is 0.0900 e. The molecule has 2 N–H and O–H groups in total. The molecule has 1 rings (SSSR count). The summed E-state index contributed by atoms with van der Waals surface area (Å²) in [6, 6.07) is 0.199. The van der Waals surface area contributed by atoms with E-state index in [1.54, 1.807) is 11.3 Å². The second-order valence-electron chi connectivity index (χ2n) is 6.22. The molecule has 3 nitrogen and oxygen atoms in total. The molecular formula is C14H26N2OS. The highest BCUT2D eigenvalue weighted by atomic mass is 32.1. The number of aliphatic hydroxyl groups excluding tert-OH is 1. The minimum Gasteiger partial charge on any atom is -0.392 e. The zero-order valence-electron chi connectivity index (χ0n) is 12.4. The van der Waals surface area contributed by atoms with Gasteiger partial charge in [-0.3, -0.25) is 0 Å². The van der Waals surface area contributed by atoms with Crippen molar-refractivity contribution in [3.8, 4) is 0 Å². The van der Waals surface area contributed by atoms with E-state index in [0.29, 0.717) is 6.54 Å². The van der Waals surface area contributed by atoms with E-state index in [9.17, 15) is 5.11 Å². The van der Waals surface area contributed by atoms with Crippen molar-refractivity contribution < 1.29 is 5.11 Å². The zero-order chi connectivity index (χ0) is 13.9. The normalized spacial score (nSPS) is 15.7. The van der Waals surface area contributed by atoms with Crippen LogP contribution in [0.3, 0.4) is 0 Å². The number of thiazole rings is 1. The Morgan fingerprint density at radius 3 is 2.39 bits per heavy atom. The molecule has 0 fully saturated rings. The minimum absolute atomic E-state index is 0.164. The molecule has 1 aromatic heterocycles. The van der Waals surface area contributed by atoms with E-state index in [4.69, 9.17) is 0 Å². The van der Waals surface area contributed by atoms with Gasteiger partial charge < -0.3 is 10.4 Å². The van der Waals surface area contributed by atoms with Gasteiger partial charge in [-0.1, -0.05) is 20.8 Å². The molecule has 0 radical (unpaired) electrons. The number of nitrogens with zero attached hydrogens (tertiary/aromatic N) is 1. The van der Waals surface area contributed by atoms with Crippen molar-refractivity contribution in [2.75, 3.05) is 6.54 Å². The molecule has 0 amide bonds. The van der Waals surface area contributed by atoms with Gasteiger partial charge in [-0.25, -0.2) is 4.98 Å². The summed E-state index contributed by atoms with van der Waals surface area (Å²) in [4.78, 5) is 5.80. The highest BCUT2D eigenvalue weighted by Gasteiger charge is 2.18. The number of hydrogen-bond donors (Lipinski definition) is 2. The van der Waals surface area contributed by atoms with Crippen molar-refractivity contribution in [2.45, 2.75) is 60.1 Å². The van der Waals surface area contributed by atoms with Crippen molar-refractivity contribution in [2.24, 2.45) is 5.41 Å². The number of aliphatic hydroxyl groups is 1. The molecule has 0 aliphatic carbocycles. The first-order chi connectivity index (χ1) is 8.19. The fraction of sp³-hybridized carbons (Fsp3) is 0.786. The smallest absolute Gasteiger partial charge is 0.0900 e. The third kappa shape index (κ3) is 5.04. The first-order valence-corrected chi connectivity index (χ1v) is 7.36. The fourth-order valence-corrected chi connectivity index (χ4v) is 3.05. The molecule has 4 heteroatoms.